The number of fused-ring (bicyclic) bond motifs is 9. The van der Waals surface area contributed by atoms with Gasteiger partial charge in [0.2, 0.25) is 0 Å². The summed E-state index contributed by atoms with van der Waals surface area (Å²) in [5, 5.41) is 9.16. The third kappa shape index (κ3) is 8.22. The zero-order chi connectivity index (χ0) is 52.4. The van der Waals surface area contributed by atoms with Crippen LogP contribution in [0.15, 0.2) is 142 Å². The lowest BCUT2D eigenvalue weighted by atomic mass is 9.84. The fourth-order valence-corrected chi connectivity index (χ4v) is 11.7. The molecule has 0 unspecified atom stereocenters. The van der Waals surface area contributed by atoms with Gasteiger partial charge < -0.3 is 18.6 Å². The number of hydrogen-bond donors (Lipinski definition) is 0. The van der Waals surface area contributed by atoms with Crippen molar-refractivity contribution in [2.75, 3.05) is 9.80 Å². The summed E-state index contributed by atoms with van der Waals surface area (Å²) in [6.07, 6.45) is 0. The highest BCUT2D eigenvalue weighted by molar-refractivity contribution is 6.24. The Morgan fingerprint density at radius 3 is 1.05 bits per heavy atom. The third-order valence-electron chi connectivity index (χ3n) is 16.2. The van der Waals surface area contributed by atoms with E-state index in [0.29, 0.717) is 0 Å². The highest BCUT2D eigenvalue weighted by Gasteiger charge is 2.29. The summed E-state index contributed by atoms with van der Waals surface area (Å²) < 4.78 is 14.4. The van der Waals surface area contributed by atoms with Crippen molar-refractivity contribution in [2.24, 2.45) is 0 Å². The molecule has 0 spiro atoms. The molecule has 374 valence electrons. The smallest absolute Gasteiger partial charge is 0.178 e. The second kappa shape index (κ2) is 17.7. The quantitative estimate of drug-likeness (QED) is 0.152. The van der Waals surface area contributed by atoms with Gasteiger partial charge in [0, 0.05) is 55.7 Å². The first kappa shape index (κ1) is 48.9. The van der Waals surface area contributed by atoms with Crippen LogP contribution in [0.2, 0.25) is 0 Å². The lowest BCUT2D eigenvalue weighted by molar-refractivity contribution is 0.590. The molecular weight excluding hydrogens is 901 g/mol. The van der Waals surface area contributed by atoms with Crippen LogP contribution < -0.4 is 9.80 Å². The molecule has 0 bridgehead atoms. The maximum atomic E-state index is 7.19. The lowest BCUT2D eigenvalue weighted by Gasteiger charge is -2.29. The van der Waals surface area contributed by atoms with Crippen molar-refractivity contribution >= 4 is 99.5 Å². The van der Waals surface area contributed by atoms with E-state index in [1.165, 1.54) is 66.4 Å². The minimum Gasteiger partial charge on any atom is -0.452 e. The molecule has 11 rings (SSSR count). The second-order valence-electron chi connectivity index (χ2n) is 24.2. The van der Waals surface area contributed by atoms with Gasteiger partial charge in [-0.3, -0.25) is 0 Å². The maximum Gasteiger partial charge on any atom is 0.178 e. The van der Waals surface area contributed by atoms with Crippen molar-refractivity contribution in [3.05, 3.63) is 189 Å². The van der Waals surface area contributed by atoms with Crippen molar-refractivity contribution in [2.45, 2.75) is 133 Å². The Morgan fingerprint density at radius 2 is 0.716 bits per heavy atom. The minimum atomic E-state index is 0.00560. The normalized spacial score (nSPS) is 12.6. The van der Waals surface area contributed by atoms with E-state index in [4.69, 9.17) is 8.83 Å². The fraction of sp³-hybridized carbons (Fsp3) is 0.286. The maximum absolute atomic E-state index is 7.19. The predicted octanol–water partition coefficient (Wildman–Crippen LogP) is 21.4. The number of hydrogen-bond acceptors (Lipinski definition) is 4. The molecule has 0 saturated carbocycles. The fourth-order valence-electron chi connectivity index (χ4n) is 11.7. The van der Waals surface area contributed by atoms with Gasteiger partial charge in [-0.1, -0.05) is 106 Å². The van der Waals surface area contributed by atoms with Gasteiger partial charge in [-0.15, -0.1) is 0 Å². The van der Waals surface area contributed by atoms with Crippen LogP contribution in [0.4, 0.5) is 34.1 Å². The Balaban J connectivity index is 1.11. The summed E-state index contributed by atoms with van der Waals surface area (Å²) in [6.45, 7) is 36.3. The molecule has 2 heterocycles. The average Bonchev–Trinajstić information content (AvgIpc) is 3.90. The van der Waals surface area contributed by atoms with Crippen LogP contribution >= 0.6 is 0 Å². The monoisotopic (exact) mass is 973 g/mol. The van der Waals surface area contributed by atoms with Crippen molar-refractivity contribution in [1.82, 2.24) is 0 Å². The highest BCUT2D eigenvalue weighted by Crippen LogP contribution is 2.50. The van der Waals surface area contributed by atoms with E-state index in [1.807, 2.05) is 0 Å². The predicted molar refractivity (Wildman–Crippen MR) is 319 cm³/mol. The topological polar surface area (TPSA) is 32.8 Å². The Bertz CT molecular complexity index is 3760. The van der Waals surface area contributed by atoms with Gasteiger partial charge in [-0.25, -0.2) is 0 Å². The molecule has 0 amide bonds. The van der Waals surface area contributed by atoms with Crippen LogP contribution in [0, 0.1) is 41.5 Å². The summed E-state index contributed by atoms with van der Waals surface area (Å²) in [7, 11) is 0. The van der Waals surface area contributed by atoms with Crippen LogP contribution in [-0.4, -0.2) is 0 Å². The molecule has 0 aliphatic heterocycles. The summed E-state index contributed by atoms with van der Waals surface area (Å²) in [5.74, 6) is 0.476. The van der Waals surface area contributed by atoms with Crippen LogP contribution in [-0.2, 0) is 10.8 Å². The van der Waals surface area contributed by atoms with Crippen molar-refractivity contribution < 1.29 is 8.83 Å². The van der Waals surface area contributed by atoms with Crippen LogP contribution in [0.25, 0.3) is 65.4 Å². The van der Waals surface area contributed by atoms with Gasteiger partial charge in [0.25, 0.3) is 0 Å². The van der Waals surface area contributed by atoms with E-state index in [-0.39, 0.29) is 22.7 Å². The summed E-state index contributed by atoms with van der Waals surface area (Å²) in [6, 6.07) is 50.4. The molecule has 0 N–H and O–H groups in total. The molecule has 11 aromatic rings. The Labute approximate surface area is 438 Å². The molecular formula is C70H72N2O2. The standard InChI is InChI=1S/C70H72N2O2/c1-39(2)63-64(40(3)4)66-60-34-48-24-26-56(72(58-29-43(7)46(10)44(8)30-58)54-22-18-20-52(38-54)70(14,15)16)32-50(48)36-62(60)74-68(66)67-65(63)59-33-47-23-25-55(31-49(47)35-61(59)73-67)71(57-27-41(5)45(9)42(6)28-57)53-21-17-19-51(37-53)69(11,12)13/h17-40H,1-16H3. The largest absolute Gasteiger partial charge is 0.452 e. The van der Waals surface area contributed by atoms with Crippen LogP contribution in [0.5, 0.6) is 0 Å². The number of aryl methyl sites for hydroxylation is 4. The van der Waals surface area contributed by atoms with Crippen molar-refractivity contribution in [3.63, 3.8) is 0 Å². The van der Waals surface area contributed by atoms with Crippen molar-refractivity contribution in [3.8, 4) is 0 Å². The Morgan fingerprint density at radius 1 is 0.365 bits per heavy atom. The minimum absolute atomic E-state index is 0.00560. The van der Waals surface area contributed by atoms with Gasteiger partial charge in [0.1, 0.15) is 11.2 Å². The van der Waals surface area contributed by atoms with E-state index in [9.17, 15) is 0 Å². The average molecular weight is 973 g/mol. The molecule has 0 radical (unpaired) electrons. The van der Waals surface area contributed by atoms with Crippen LogP contribution in [0.3, 0.4) is 0 Å². The molecule has 4 nitrogen and oxygen atoms in total. The number of furan rings is 2. The molecule has 0 fully saturated rings. The first-order valence-electron chi connectivity index (χ1n) is 26.8. The molecule has 0 saturated heterocycles. The van der Waals surface area contributed by atoms with E-state index in [2.05, 4.69) is 254 Å². The SMILES string of the molecule is Cc1cc(N(c2cccc(C(C)(C)C)c2)c2ccc3cc4c(cc3c2)oc2c3oc5cc6cc(N(c7cccc(C(C)(C)C)c7)c7cc(C)c(C)c(C)c7)ccc6cc5c3c(C(C)C)c(C(C)C)c42)cc(C)c1C. The number of nitrogens with zero attached hydrogens (tertiary/aromatic N) is 2. The first-order valence-corrected chi connectivity index (χ1v) is 26.8. The van der Waals surface area contributed by atoms with Crippen LogP contribution in [0.1, 0.15) is 137 Å². The number of anilines is 6. The molecule has 0 atom stereocenters. The molecule has 2 aromatic heterocycles. The van der Waals surface area contributed by atoms with Gasteiger partial charge in [0.05, 0.1) is 0 Å². The van der Waals surface area contributed by atoms with E-state index in [0.717, 1.165) is 88.8 Å². The number of rotatable bonds is 8. The molecule has 74 heavy (non-hydrogen) atoms. The van der Waals surface area contributed by atoms with E-state index < -0.39 is 0 Å². The summed E-state index contributed by atoms with van der Waals surface area (Å²) in [5.41, 5.74) is 23.2. The molecule has 0 aliphatic rings. The first-order chi connectivity index (χ1) is 35.0. The zero-order valence-corrected chi connectivity index (χ0v) is 46.6. The summed E-state index contributed by atoms with van der Waals surface area (Å²) >= 11 is 0. The molecule has 4 heteroatoms. The second-order valence-corrected chi connectivity index (χ2v) is 24.2. The van der Waals surface area contributed by atoms with Gasteiger partial charge in [-0.2, -0.15) is 0 Å². The Hall–Kier alpha value is -7.30. The summed E-state index contributed by atoms with van der Waals surface area (Å²) in [4.78, 5) is 4.83. The molecule has 9 aromatic carbocycles. The van der Waals surface area contributed by atoms with E-state index >= 15 is 0 Å². The van der Waals surface area contributed by atoms with Gasteiger partial charge in [-0.05, 0) is 238 Å². The highest BCUT2D eigenvalue weighted by atomic mass is 16.4. The van der Waals surface area contributed by atoms with Gasteiger partial charge in [0.15, 0.2) is 11.2 Å². The molecule has 0 aliphatic carbocycles. The third-order valence-corrected chi connectivity index (χ3v) is 16.2. The van der Waals surface area contributed by atoms with E-state index in [1.54, 1.807) is 0 Å². The lowest BCUT2D eigenvalue weighted by Crippen LogP contribution is -2.14. The zero-order valence-electron chi connectivity index (χ0n) is 46.6. The number of benzene rings is 9. The van der Waals surface area contributed by atoms with Gasteiger partial charge >= 0.3 is 0 Å². The Kier molecular flexibility index (Phi) is 11.7. The van der Waals surface area contributed by atoms with Crippen molar-refractivity contribution in [1.29, 1.82) is 0 Å².